The van der Waals surface area contributed by atoms with Gasteiger partial charge in [0, 0.05) is 65.5 Å². The number of aliphatic imine (C=N–C) groups is 1. The Labute approximate surface area is 176 Å². The zero-order valence-corrected chi connectivity index (χ0v) is 18.6. The van der Waals surface area contributed by atoms with E-state index in [4.69, 9.17) is 4.99 Å². The zero-order valence-electron chi connectivity index (χ0n) is 18.6. The summed E-state index contributed by atoms with van der Waals surface area (Å²) in [6, 6.07) is 7.85. The van der Waals surface area contributed by atoms with Gasteiger partial charge in [-0.15, -0.1) is 0 Å². The maximum absolute atomic E-state index is 12.1. The molecule has 2 N–H and O–H groups in total. The molecule has 1 amide bonds. The van der Waals surface area contributed by atoms with Gasteiger partial charge in [-0.25, -0.2) is 0 Å². The Morgan fingerprint density at radius 2 is 1.83 bits per heavy atom. The number of piperazine rings is 1. The fourth-order valence-corrected chi connectivity index (χ4v) is 3.42. The van der Waals surface area contributed by atoms with Gasteiger partial charge in [-0.05, 0) is 37.6 Å². The molecule has 29 heavy (non-hydrogen) atoms. The third-order valence-corrected chi connectivity index (χ3v) is 5.23. The molecule has 1 heterocycles. The number of nitrogens with one attached hydrogen (secondary N) is 2. The maximum Gasteiger partial charge on any atom is 0.253 e. The van der Waals surface area contributed by atoms with Crippen molar-refractivity contribution in [3.63, 3.8) is 0 Å². The lowest BCUT2D eigenvalue weighted by Gasteiger charge is -2.33. The van der Waals surface area contributed by atoms with Crippen molar-refractivity contribution in [2.75, 3.05) is 73.0 Å². The predicted molar refractivity (Wildman–Crippen MR) is 121 cm³/mol. The quantitative estimate of drug-likeness (QED) is 0.479. The van der Waals surface area contributed by atoms with Crippen LogP contribution >= 0.6 is 0 Å². The van der Waals surface area contributed by atoms with Crippen molar-refractivity contribution < 1.29 is 4.79 Å². The van der Waals surface area contributed by atoms with Crippen molar-refractivity contribution in [3.8, 4) is 0 Å². The van der Waals surface area contributed by atoms with Gasteiger partial charge in [0.2, 0.25) is 0 Å². The van der Waals surface area contributed by atoms with Crippen LogP contribution in [0.4, 0.5) is 0 Å². The summed E-state index contributed by atoms with van der Waals surface area (Å²) in [6.07, 6.45) is 0.845. The number of hydrogen-bond donors (Lipinski definition) is 2. The van der Waals surface area contributed by atoms with Crippen LogP contribution in [0.5, 0.6) is 0 Å². The molecule has 0 unspecified atom stereocenters. The second-order valence-corrected chi connectivity index (χ2v) is 7.61. The molecule has 1 saturated heterocycles. The standard InChI is InChI=1S/C22H38N6O/c1-5-23-22(25-12-13-28-16-14-27(6-2)15-17-28)24-11-10-19-8-7-9-20(18-19)21(29)26(3)4/h7-9,18H,5-6,10-17H2,1-4H3,(H2,23,24,25). The van der Waals surface area contributed by atoms with E-state index in [1.807, 2.05) is 18.2 Å². The van der Waals surface area contributed by atoms with Gasteiger partial charge in [-0.1, -0.05) is 19.1 Å². The molecule has 0 aliphatic carbocycles. The summed E-state index contributed by atoms with van der Waals surface area (Å²) in [5, 5.41) is 6.73. The van der Waals surface area contributed by atoms with Gasteiger partial charge in [0.15, 0.2) is 5.96 Å². The third-order valence-electron chi connectivity index (χ3n) is 5.23. The highest BCUT2D eigenvalue weighted by Crippen LogP contribution is 2.07. The first kappa shape index (κ1) is 23.2. The predicted octanol–water partition coefficient (Wildman–Crippen LogP) is 1.12. The lowest BCUT2D eigenvalue weighted by atomic mass is 10.1. The molecule has 1 aliphatic rings. The Hall–Kier alpha value is -2.12. The molecule has 7 nitrogen and oxygen atoms in total. The van der Waals surface area contributed by atoms with Crippen LogP contribution in [0, 0.1) is 0 Å². The van der Waals surface area contributed by atoms with Crippen molar-refractivity contribution in [1.29, 1.82) is 0 Å². The molecule has 1 aromatic rings. The Morgan fingerprint density at radius 1 is 1.10 bits per heavy atom. The Bertz CT molecular complexity index is 652. The first-order valence-corrected chi connectivity index (χ1v) is 10.8. The molecule has 0 aromatic heterocycles. The van der Waals surface area contributed by atoms with E-state index in [0.717, 1.165) is 82.4 Å². The van der Waals surface area contributed by atoms with Gasteiger partial charge in [0.05, 0.1) is 6.54 Å². The molecule has 1 fully saturated rings. The highest BCUT2D eigenvalue weighted by atomic mass is 16.2. The summed E-state index contributed by atoms with van der Waals surface area (Å²) in [4.78, 5) is 23.4. The Morgan fingerprint density at radius 3 is 2.48 bits per heavy atom. The number of likely N-dealkylation sites (N-methyl/N-ethyl adjacent to an activating group) is 1. The highest BCUT2D eigenvalue weighted by molar-refractivity contribution is 5.94. The topological polar surface area (TPSA) is 63.2 Å². The minimum Gasteiger partial charge on any atom is -0.357 e. The molecule has 162 valence electrons. The largest absolute Gasteiger partial charge is 0.357 e. The van der Waals surface area contributed by atoms with E-state index in [9.17, 15) is 4.79 Å². The van der Waals surface area contributed by atoms with Crippen molar-refractivity contribution in [2.45, 2.75) is 20.3 Å². The van der Waals surface area contributed by atoms with Crippen LogP contribution in [-0.4, -0.2) is 99.6 Å². The van der Waals surface area contributed by atoms with Crippen molar-refractivity contribution >= 4 is 11.9 Å². The fourth-order valence-electron chi connectivity index (χ4n) is 3.42. The molecular formula is C22H38N6O. The lowest BCUT2D eigenvalue weighted by molar-refractivity contribution is 0.0827. The maximum atomic E-state index is 12.1. The van der Waals surface area contributed by atoms with Crippen LogP contribution in [-0.2, 0) is 6.42 Å². The van der Waals surface area contributed by atoms with Gasteiger partial charge in [0.25, 0.3) is 5.91 Å². The number of rotatable bonds is 9. The second-order valence-electron chi connectivity index (χ2n) is 7.61. The zero-order chi connectivity index (χ0) is 21.1. The smallest absolute Gasteiger partial charge is 0.253 e. The number of guanidine groups is 1. The van der Waals surface area contributed by atoms with Gasteiger partial charge in [-0.2, -0.15) is 0 Å². The van der Waals surface area contributed by atoms with Crippen LogP contribution in [0.1, 0.15) is 29.8 Å². The van der Waals surface area contributed by atoms with Gasteiger partial charge in [0.1, 0.15) is 0 Å². The van der Waals surface area contributed by atoms with E-state index in [2.05, 4.69) is 40.3 Å². The minimum atomic E-state index is 0.0366. The van der Waals surface area contributed by atoms with Gasteiger partial charge in [-0.3, -0.25) is 14.7 Å². The summed E-state index contributed by atoms with van der Waals surface area (Å²) < 4.78 is 0. The molecule has 0 bridgehead atoms. The van der Waals surface area contributed by atoms with Crippen LogP contribution in [0.3, 0.4) is 0 Å². The summed E-state index contributed by atoms with van der Waals surface area (Å²) in [5.74, 6) is 0.898. The van der Waals surface area contributed by atoms with Gasteiger partial charge < -0.3 is 20.4 Å². The fraction of sp³-hybridized carbons (Fsp3) is 0.636. The molecule has 1 aromatic carbocycles. The van der Waals surface area contributed by atoms with Crippen LogP contribution in [0.15, 0.2) is 29.3 Å². The first-order chi connectivity index (χ1) is 14.0. The second kappa shape index (κ2) is 12.4. The van der Waals surface area contributed by atoms with E-state index in [-0.39, 0.29) is 5.91 Å². The van der Waals surface area contributed by atoms with Crippen LogP contribution in [0.2, 0.25) is 0 Å². The molecule has 0 radical (unpaired) electrons. The number of carbonyl (C=O) groups is 1. The van der Waals surface area contributed by atoms with Crippen LogP contribution < -0.4 is 10.6 Å². The summed E-state index contributed by atoms with van der Waals surface area (Å²) in [5.41, 5.74) is 1.88. The molecule has 0 atom stereocenters. The average Bonchev–Trinajstić information content (AvgIpc) is 2.74. The number of carbonyl (C=O) groups excluding carboxylic acids is 1. The van der Waals surface area contributed by atoms with E-state index in [1.54, 1.807) is 19.0 Å². The number of hydrogen-bond acceptors (Lipinski definition) is 4. The summed E-state index contributed by atoms with van der Waals surface area (Å²) >= 11 is 0. The summed E-state index contributed by atoms with van der Waals surface area (Å²) in [7, 11) is 3.55. The van der Waals surface area contributed by atoms with E-state index >= 15 is 0 Å². The monoisotopic (exact) mass is 402 g/mol. The number of nitrogens with zero attached hydrogens (tertiary/aromatic N) is 4. The van der Waals surface area contributed by atoms with Gasteiger partial charge >= 0.3 is 0 Å². The van der Waals surface area contributed by atoms with Crippen LogP contribution in [0.25, 0.3) is 0 Å². The van der Waals surface area contributed by atoms with E-state index < -0.39 is 0 Å². The number of benzene rings is 1. The molecule has 7 heteroatoms. The van der Waals surface area contributed by atoms with Crippen molar-refractivity contribution in [1.82, 2.24) is 25.3 Å². The average molecular weight is 403 g/mol. The normalized spacial score (nSPS) is 15.9. The van der Waals surface area contributed by atoms with E-state index in [1.165, 1.54) is 0 Å². The molecule has 0 saturated carbocycles. The lowest BCUT2D eigenvalue weighted by Crippen LogP contribution is -2.47. The SMILES string of the molecule is CCNC(=NCCN1CCN(CC)CC1)NCCc1cccc(C(=O)N(C)C)c1. The molecule has 0 spiro atoms. The van der Waals surface area contributed by atoms with Crippen molar-refractivity contribution in [3.05, 3.63) is 35.4 Å². The summed E-state index contributed by atoms with van der Waals surface area (Å²) in [6.45, 7) is 13.5. The molecular weight excluding hydrogens is 364 g/mol. The Balaban J connectivity index is 1.78. The number of amides is 1. The molecule has 2 rings (SSSR count). The molecule has 1 aliphatic heterocycles. The van der Waals surface area contributed by atoms with E-state index in [0.29, 0.717) is 0 Å². The third kappa shape index (κ3) is 8.03. The first-order valence-electron chi connectivity index (χ1n) is 10.8. The highest BCUT2D eigenvalue weighted by Gasteiger charge is 2.14. The van der Waals surface area contributed by atoms with Crippen molar-refractivity contribution in [2.24, 2.45) is 4.99 Å². The minimum absolute atomic E-state index is 0.0366. The Kier molecular flexibility index (Phi) is 9.94.